The fraction of sp³-hybridized carbons (Fsp3) is 0.429. The van der Waals surface area contributed by atoms with Crippen molar-refractivity contribution >= 4 is 29.3 Å². The van der Waals surface area contributed by atoms with Gasteiger partial charge in [0, 0.05) is 5.02 Å². The Balaban J connectivity index is 2.11. The van der Waals surface area contributed by atoms with Gasteiger partial charge in [0.1, 0.15) is 18.4 Å². The minimum Gasteiger partial charge on any atom is -0.487 e. The molecule has 0 saturated carbocycles. The highest BCUT2D eigenvalue weighted by Gasteiger charge is 2.28. The zero-order chi connectivity index (χ0) is 15.4. The predicted molar refractivity (Wildman–Crippen MR) is 78.9 cm³/mol. The first-order valence-corrected chi connectivity index (χ1v) is 7.06. The van der Waals surface area contributed by atoms with E-state index in [1.807, 2.05) is 6.92 Å². The average Bonchev–Trinajstić information content (AvgIpc) is 2.44. The van der Waals surface area contributed by atoms with E-state index in [0.29, 0.717) is 23.0 Å². The summed E-state index contributed by atoms with van der Waals surface area (Å²) in [7, 11) is 0. The molecule has 0 saturated heterocycles. The van der Waals surface area contributed by atoms with Crippen LogP contribution in [0.15, 0.2) is 18.2 Å². The maximum Gasteiger partial charge on any atom is 0.325 e. The Kier molecular flexibility index (Phi) is 4.90. The third-order valence-electron chi connectivity index (χ3n) is 2.91. The number of carbonyl (C=O) groups is 2. The van der Waals surface area contributed by atoms with E-state index in [-0.39, 0.29) is 25.3 Å². The first-order chi connectivity index (χ1) is 10.0. The molecule has 7 heteroatoms. The van der Waals surface area contributed by atoms with Crippen LogP contribution in [0.1, 0.15) is 13.8 Å². The Morgan fingerprint density at radius 2 is 2.29 bits per heavy atom. The highest BCUT2D eigenvalue weighted by atomic mass is 35.5. The number of amides is 2. The number of anilines is 1. The van der Waals surface area contributed by atoms with E-state index in [2.05, 4.69) is 5.32 Å². The molecule has 114 valence electrons. The quantitative estimate of drug-likeness (QED) is 0.869. The zero-order valence-corrected chi connectivity index (χ0v) is 12.6. The molecule has 1 aliphatic heterocycles. The van der Waals surface area contributed by atoms with Crippen LogP contribution >= 0.6 is 11.6 Å². The number of urea groups is 1. The minimum atomic E-state index is -0.474. The van der Waals surface area contributed by atoms with Crippen LogP contribution < -0.4 is 15.0 Å². The predicted octanol–water partition coefficient (Wildman–Crippen LogP) is 2.20. The van der Waals surface area contributed by atoms with Gasteiger partial charge in [-0.15, -0.1) is 0 Å². The molecule has 1 unspecified atom stereocenters. The fourth-order valence-electron chi connectivity index (χ4n) is 2.06. The molecule has 0 aromatic heterocycles. The molecule has 6 nitrogen and oxygen atoms in total. The van der Waals surface area contributed by atoms with Gasteiger partial charge in [-0.1, -0.05) is 11.6 Å². The van der Waals surface area contributed by atoms with E-state index in [0.717, 1.165) is 0 Å². The molecule has 2 amide bonds. The van der Waals surface area contributed by atoms with Gasteiger partial charge in [-0.05, 0) is 32.0 Å². The van der Waals surface area contributed by atoms with Crippen molar-refractivity contribution in [1.29, 1.82) is 0 Å². The van der Waals surface area contributed by atoms with Crippen LogP contribution in [0, 0.1) is 0 Å². The van der Waals surface area contributed by atoms with Crippen molar-refractivity contribution < 1.29 is 19.1 Å². The van der Waals surface area contributed by atoms with Crippen molar-refractivity contribution in [2.75, 3.05) is 24.6 Å². The summed E-state index contributed by atoms with van der Waals surface area (Å²) in [5.74, 6) is 0.114. The van der Waals surface area contributed by atoms with Gasteiger partial charge in [0.15, 0.2) is 0 Å². The number of carbonyl (C=O) groups excluding carboxylic acids is 2. The lowest BCUT2D eigenvalue weighted by molar-refractivity contribution is -0.141. The third kappa shape index (κ3) is 3.78. The Bertz CT molecular complexity index is 550. The van der Waals surface area contributed by atoms with Crippen molar-refractivity contribution in [3.63, 3.8) is 0 Å². The summed E-state index contributed by atoms with van der Waals surface area (Å²) in [6.07, 6.45) is -0.146. The molecule has 1 aliphatic rings. The lowest BCUT2D eigenvalue weighted by atomic mass is 10.2. The molecule has 0 radical (unpaired) electrons. The largest absolute Gasteiger partial charge is 0.487 e. The van der Waals surface area contributed by atoms with Gasteiger partial charge >= 0.3 is 12.0 Å². The van der Waals surface area contributed by atoms with E-state index in [1.54, 1.807) is 25.1 Å². The number of ether oxygens (including phenoxy) is 2. The van der Waals surface area contributed by atoms with Gasteiger partial charge in [0.05, 0.1) is 18.8 Å². The summed E-state index contributed by atoms with van der Waals surface area (Å²) >= 11 is 5.96. The first-order valence-electron chi connectivity index (χ1n) is 6.68. The Hall–Kier alpha value is -1.95. The van der Waals surface area contributed by atoms with Crippen LogP contribution in [-0.4, -0.2) is 37.8 Å². The van der Waals surface area contributed by atoms with Gasteiger partial charge in [0.2, 0.25) is 0 Å². The molecular weight excluding hydrogens is 296 g/mol. The lowest BCUT2D eigenvalue weighted by Gasteiger charge is -2.33. The molecule has 0 bridgehead atoms. The molecule has 0 fully saturated rings. The highest BCUT2D eigenvalue weighted by molar-refractivity contribution is 6.31. The highest BCUT2D eigenvalue weighted by Crippen LogP contribution is 2.35. The Morgan fingerprint density at radius 3 is 3.00 bits per heavy atom. The zero-order valence-electron chi connectivity index (χ0n) is 11.9. The smallest absolute Gasteiger partial charge is 0.325 e. The Labute approximate surface area is 128 Å². The maximum atomic E-state index is 12.2. The normalized spacial score (nSPS) is 16.7. The topological polar surface area (TPSA) is 67.9 Å². The van der Waals surface area contributed by atoms with E-state index in [1.165, 1.54) is 4.90 Å². The minimum absolute atomic E-state index is 0.146. The summed E-state index contributed by atoms with van der Waals surface area (Å²) in [4.78, 5) is 25.0. The van der Waals surface area contributed by atoms with E-state index in [9.17, 15) is 9.59 Å². The Morgan fingerprint density at radius 1 is 1.52 bits per heavy atom. The van der Waals surface area contributed by atoms with Crippen LogP contribution in [0.3, 0.4) is 0 Å². The number of nitrogens with one attached hydrogen (secondary N) is 1. The number of nitrogens with zero attached hydrogens (tertiary/aromatic N) is 1. The molecular formula is C14H17ClN2O4. The van der Waals surface area contributed by atoms with Crippen LogP contribution in [0.2, 0.25) is 5.02 Å². The van der Waals surface area contributed by atoms with Crippen molar-refractivity contribution in [1.82, 2.24) is 5.32 Å². The number of fused-ring (bicyclic) bond motifs is 1. The summed E-state index contributed by atoms with van der Waals surface area (Å²) in [5.41, 5.74) is 0.585. The third-order valence-corrected chi connectivity index (χ3v) is 3.15. The van der Waals surface area contributed by atoms with E-state index >= 15 is 0 Å². The summed E-state index contributed by atoms with van der Waals surface area (Å²) in [6, 6.07) is 4.69. The second-order valence-electron chi connectivity index (χ2n) is 4.61. The molecule has 1 aromatic rings. The van der Waals surface area contributed by atoms with Crippen LogP contribution in [0.25, 0.3) is 0 Å². The maximum absolute atomic E-state index is 12.2. The molecule has 21 heavy (non-hydrogen) atoms. The number of halogens is 1. The van der Waals surface area contributed by atoms with Gasteiger partial charge in [-0.3, -0.25) is 9.69 Å². The number of esters is 1. The molecule has 1 N–H and O–H groups in total. The van der Waals surface area contributed by atoms with Crippen molar-refractivity contribution in [2.24, 2.45) is 0 Å². The van der Waals surface area contributed by atoms with Crippen LogP contribution in [0.5, 0.6) is 5.75 Å². The number of benzene rings is 1. The molecule has 0 aliphatic carbocycles. The monoisotopic (exact) mass is 312 g/mol. The molecule has 2 rings (SSSR count). The summed E-state index contributed by atoms with van der Waals surface area (Å²) < 4.78 is 10.4. The molecule has 1 heterocycles. The number of hydrogen-bond donors (Lipinski definition) is 1. The van der Waals surface area contributed by atoms with E-state index < -0.39 is 5.97 Å². The second-order valence-corrected chi connectivity index (χ2v) is 5.05. The number of hydrogen-bond acceptors (Lipinski definition) is 4. The van der Waals surface area contributed by atoms with Gasteiger partial charge in [-0.25, -0.2) is 4.79 Å². The standard InChI is InChI=1S/C14H17ClN2O4/c1-3-20-13(18)7-16-14(19)17-8-9(2)21-12-5-4-10(15)6-11(12)17/h4-6,9H,3,7-8H2,1-2H3,(H,16,19). The van der Waals surface area contributed by atoms with Crippen molar-refractivity contribution in [3.05, 3.63) is 23.2 Å². The van der Waals surface area contributed by atoms with Gasteiger partial charge in [0.25, 0.3) is 0 Å². The molecule has 1 atom stereocenters. The van der Waals surface area contributed by atoms with Crippen LogP contribution in [-0.2, 0) is 9.53 Å². The van der Waals surface area contributed by atoms with Crippen molar-refractivity contribution in [3.8, 4) is 5.75 Å². The van der Waals surface area contributed by atoms with Crippen molar-refractivity contribution in [2.45, 2.75) is 20.0 Å². The summed E-state index contributed by atoms with van der Waals surface area (Å²) in [5, 5.41) is 3.04. The summed E-state index contributed by atoms with van der Waals surface area (Å²) in [6.45, 7) is 4.06. The SMILES string of the molecule is CCOC(=O)CNC(=O)N1CC(C)Oc2ccc(Cl)cc21. The molecule has 1 aromatic carbocycles. The first kappa shape index (κ1) is 15.4. The van der Waals surface area contributed by atoms with Crippen LogP contribution in [0.4, 0.5) is 10.5 Å². The van der Waals surface area contributed by atoms with E-state index in [4.69, 9.17) is 21.1 Å². The van der Waals surface area contributed by atoms with Gasteiger partial charge < -0.3 is 14.8 Å². The fourth-order valence-corrected chi connectivity index (χ4v) is 2.22. The molecule has 0 spiro atoms. The average molecular weight is 313 g/mol. The number of rotatable bonds is 3. The second kappa shape index (κ2) is 6.67. The lowest BCUT2D eigenvalue weighted by Crippen LogP contribution is -2.48. The van der Waals surface area contributed by atoms with Gasteiger partial charge in [-0.2, -0.15) is 0 Å².